The zero-order valence-corrected chi connectivity index (χ0v) is 13.0. The van der Waals surface area contributed by atoms with E-state index in [1.165, 1.54) is 11.0 Å². The van der Waals surface area contributed by atoms with E-state index in [1.54, 1.807) is 18.7 Å². The summed E-state index contributed by atoms with van der Waals surface area (Å²) in [6.07, 6.45) is -5.42. The molecule has 0 aliphatic carbocycles. The number of alkyl halides is 4. The molecule has 1 saturated heterocycles. The Morgan fingerprint density at radius 2 is 1.91 bits per heavy atom. The molecule has 3 nitrogen and oxygen atoms in total. The van der Waals surface area contributed by atoms with Crippen molar-refractivity contribution in [3.8, 4) is 0 Å². The molecule has 0 radical (unpaired) electrons. The van der Waals surface area contributed by atoms with E-state index in [0.717, 1.165) is 6.07 Å². The van der Waals surface area contributed by atoms with Crippen molar-refractivity contribution in [1.82, 2.24) is 9.80 Å². The molecule has 1 aromatic rings. The van der Waals surface area contributed by atoms with Crippen molar-refractivity contribution in [3.63, 3.8) is 0 Å². The Hall–Kier alpha value is -1.63. The van der Waals surface area contributed by atoms with E-state index in [9.17, 15) is 22.4 Å². The Morgan fingerprint density at radius 1 is 1.26 bits per heavy atom. The molecule has 0 N–H and O–H groups in total. The number of hydrogen-bond acceptors (Lipinski definition) is 2. The Bertz CT molecular complexity index is 636. The van der Waals surface area contributed by atoms with Crippen LogP contribution in [0.15, 0.2) is 12.1 Å². The first kappa shape index (κ1) is 16.2. The Morgan fingerprint density at radius 3 is 2.43 bits per heavy atom. The molecule has 0 spiro atoms. The molecule has 126 valence electrons. The van der Waals surface area contributed by atoms with Crippen LogP contribution in [0, 0.1) is 0 Å². The summed E-state index contributed by atoms with van der Waals surface area (Å²) in [4.78, 5) is 15.5. The predicted molar refractivity (Wildman–Crippen MR) is 76.6 cm³/mol. The molecule has 0 aromatic heterocycles. The molecule has 1 amide bonds. The van der Waals surface area contributed by atoms with Crippen molar-refractivity contribution in [2.24, 2.45) is 0 Å². The van der Waals surface area contributed by atoms with E-state index in [4.69, 9.17) is 0 Å². The molecular weight excluding hydrogens is 312 g/mol. The summed E-state index contributed by atoms with van der Waals surface area (Å²) >= 11 is 0. The number of hydrogen-bond donors (Lipinski definition) is 0. The van der Waals surface area contributed by atoms with Crippen LogP contribution in [0.5, 0.6) is 0 Å². The lowest BCUT2D eigenvalue weighted by Crippen LogP contribution is -2.47. The number of fused-ring (bicyclic) bond motifs is 1. The molecule has 0 bridgehead atoms. The van der Waals surface area contributed by atoms with Gasteiger partial charge in [-0.05, 0) is 37.1 Å². The molecule has 0 saturated carbocycles. The van der Waals surface area contributed by atoms with Crippen LogP contribution in [0.3, 0.4) is 0 Å². The first-order chi connectivity index (χ1) is 10.7. The fourth-order valence-electron chi connectivity index (χ4n) is 3.15. The first-order valence-electron chi connectivity index (χ1n) is 7.57. The summed E-state index contributed by atoms with van der Waals surface area (Å²) in [6, 6.07) is 2.46. The van der Waals surface area contributed by atoms with Crippen LogP contribution in [-0.4, -0.2) is 41.0 Å². The van der Waals surface area contributed by atoms with Gasteiger partial charge in [0, 0.05) is 37.8 Å². The zero-order chi connectivity index (χ0) is 16.9. The molecule has 7 heteroatoms. The van der Waals surface area contributed by atoms with Crippen LogP contribution in [0.25, 0.3) is 0 Å². The predicted octanol–water partition coefficient (Wildman–Crippen LogP) is 3.22. The molecular formula is C16H18F4N2O. The quantitative estimate of drug-likeness (QED) is 0.795. The summed E-state index contributed by atoms with van der Waals surface area (Å²) in [7, 11) is 0. The molecule has 3 rings (SSSR count). The Labute approximate surface area is 131 Å². The van der Waals surface area contributed by atoms with E-state index in [-0.39, 0.29) is 49.3 Å². The normalized spacial score (nSPS) is 19.4. The zero-order valence-electron chi connectivity index (χ0n) is 13.0. The van der Waals surface area contributed by atoms with Crippen molar-refractivity contribution in [2.75, 3.05) is 13.1 Å². The number of nitrogens with zero attached hydrogens (tertiary/aromatic N) is 2. The average molecular weight is 330 g/mol. The number of rotatable bonds is 3. The highest BCUT2D eigenvalue weighted by molar-refractivity contribution is 5.99. The van der Waals surface area contributed by atoms with Crippen LogP contribution in [0.4, 0.5) is 17.6 Å². The molecule has 23 heavy (non-hydrogen) atoms. The van der Waals surface area contributed by atoms with Gasteiger partial charge in [-0.3, -0.25) is 9.69 Å². The van der Waals surface area contributed by atoms with Gasteiger partial charge in [0.2, 0.25) is 0 Å². The van der Waals surface area contributed by atoms with Crippen molar-refractivity contribution < 1.29 is 22.4 Å². The topological polar surface area (TPSA) is 23.6 Å². The highest BCUT2D eigenvalue weighted by Gasteiger charge is 2.41. The summed E-state index contributed by atoms with van der Waals surface area (Å²) in [6.45, 7) is 4.22. The molecule has 0 atom stereocenters. The van der Waals surface area contributed by atoms with Crippen molar-refractivity contribution >= 4 is 5.91 Å². The fourth-order valence-corrected chi connectivity index (χ4v) is 3.15. The maximum atomic E-state index is 13.4. The fraction of sp³-hybridized carbons (Fsp3) is 0.562. The summed E-state index contributed by atoms with van der Waals surface area (Å²) in [5.74, 6) is -0.366. The average Bonchev–Trinajstić information content (AvgIpc) is 2.73. The standard InChI is InChI=1S/C16H18F4N2O/c1-9(2)22-8-13-12(15(22)23)3-10(4-14(13)16(18,19)20)5-21-6-11(17)7-21/h3-4,9,11H,5-8H2,1-2H3. The second kappa shape index (κ2) is 5.47. The minimum Gasteiger partial charge on any atom is -0.332 e. The lowest BCUT2D eigenvalue weighted by Gasteiger charge is -2.34. The number of carbonyl (C=O) groups excluding carboxylic acids is 1. The van der Waals surface area contributed by atoms with Crippen LogP contribution >= 0.6 is 0 Å². The maximum Gasteiger partial charge on any atom is 0.416 e. The summed E-state index contributed by atoms with van der Waals surface area (Å²) in [5, 5.41) is 0. The minimum atomic E-state index is -4.51. The van der Waals surface area contributed by atoms with Crippen LogP contribution in [0.2, 0.25) is 0 Å². The van der Waals surface area contributed by atoms with Gasteiger partial charge in [0.25, 0.3) is 5.91 Å². The van der Waals surface area contributed by atoms with Gasteiger partial charge in [-0.1, -0.05) is 0 Å². The monoisotopic (exact) mass is 330 g/mol. The third-order valence-corrected chi connectivity index (χ3v) is 4.38. The molecule has 0 unspecified atom stereocenters. The molecule has 1 aromatic carbocycles. The summed E-state index contributed by atoms with van der Waals surface area (Å²) < 4.78 is 53.0. The van der Waals surface area contributed by atoms with Gasteiger partial charge >= 0.3 is 6.18 Å². The molecule has 2 heterocycles. The second-order valence-corrected chi connectivity index (χ2v) is 6.49. The van der Waals surface area contributed by atoms with E-state index in [1.807, 2.05) is 0 Å². The number of amides is 1. The highest BCUT2D eigenvalue weighted by Crippen LogP contribution is 2.39. The van der Waals surface area contributed by atoms with Gasteiger partial charge in [0.15, 0.2) is 0 Å². The highest BCUT2D eigenvalue weighted by atomic mass is 19.4. The molecule has 1 fully saturated rings. The van der Waals surface area contributed by atoms with Gasteiger partial charge in [0.05, 0.1) is 5.56 Å². The van der Waals surface area contributed by atoms with Gasteiger partial charge in [0.1, 0.15) is 6.17 Å². The third kappa shape index (κ3) is 2.94. The van der Waals surface area contributed by atoms with Crippen molar-refractivity contribution in [2.45, 2.75) is 45.3 Å². The summed E-state index contributed by atoms with van der Waals surface area (Å²) in [5.41, 5.74) is -0.173. The van der Waals surface area contributed by atoms with Gasteiger partial charge in [-0.15, -0.1) is 0 Å². The SMILES string of the molecule is CC(C)N1Cc2c(cc(CN3CC(F)C3)cc2C(F)(F)F)C1=O. The molecule has 2 aliphatic heterocycles. The number of likely N-dealkylation sites (tertiary alicyclic amines) is 1. The lowest BCUT2D eigenvalue weighted by molar-refractivity contribution is -0.138. The number of carbonyl (C=O) groups is 1. The van der Waals surface area contributed by atoms with E-state index in [0.29, 0.717) is 5.56 Å². The van der Waals surface area contributed by atoms with Gasteiger partial charge < -0.3 is 4.90 Å². The smallest absolute Gasteiger partial charge is 0.332 e. The van der Waals surface area contributed by atoms with Gasteiger partial charge in [-0.25, -0.2) is 4.39 Å². The largest absolute Gasteiger partial charge is 0.416 e. The van der Waals surface area contributed by atoms with E-state index < -0.39 is 17.9 Å². The first-order valence-corrected chi connectivity index (χ1v) is 7.57. The Kier molecular flexibility index (Phi) is 3.86. The van der Waals surface area contributed by atoms with E-state index >= 15 is 0 Å². The number of benzene rings is 1. The Balaban J connectivity index is 1.98. The second-order valence-electron chi connectivity index (χ2n) is 6.49. The van der Waals surface area contributed by atoms with Crippen LogP contribution in [-0.2, 0) is 19.3 Å². The van der Waals surface area contributed by atoms with Crippen LogP contribution < -0.4 is 0 Å². The minimum absolute atomic E-state index is 0.0166. The van der Waals surface area contributed by atoms with Crippen LogP contribution in [0.1, 0.15) is 40.9 Å². The van der Waals surface area contributed by atoms with Crippen molar-refractivity contribution in [1.29, 1.82) is 0 Å². The van der Waals surface area contributed by atoms with Gasteiger partial charge in [-0.2, -0.15) is 13.2 Å². The lowest BCUT2D eigenvalue weighted by atomic mass is 9.98. The number of halogens is 4. The van der Waals surface area contributed by atoms with E-state index in [2.05, 4.69) is 0 Å². The van der Waals surface area contributed by atoms with Crippen molar-refractivity contribution in [3.05, 3.63) is 34.4 Å². The third-order valence-electron chi connectivity index (χ3n) is 4.38. The molecule has 2 aliphatic rings. The maximum absolute atomic E-state index is 13.4.